The Bertz CT molecular complexity index is 1320. The van der Waals surface area contributed by atoms with E-state index in [-0.39, 0.29) is 24.0 Å². The number of carbonyl (C=O) groups excluding carboxylic acids is 1. The Labute approximate surface area is 202 Å². The zero-order valence-corrected chi connectivity index (χ0v) is 20.2. The summed E-state index contributed by atoms with van der Waals surface area (Å²) in [6.45, 7) is 4.27. The fraction of sp³-hybridized carbons (Fsp3) is 0.308. The molecule has 34 heavy (non-hydrogen) atoms. The smallest absolute Gasteiger partial charge is 0.275 e. The Morgan fingerprint density at radius 1 is 1.12 bits per heavy atom. The number of anilines is 1. The van der Waals surface area contributed by atoms with Crippen molar-refractivity contribution in [1.82, 2.24) is 14.6 Å². The molecule has 0 spiro atoms. The van der Waals surface area contributed by atoms with Crippen LogP contribution in [0.25, 0.3) is 4.96 Å². The van der Waals surface area contributed by atoms with E-state index in [1.165, 1.54) is 21.9 Å². The lowest BCUT2D eigenvalue weighted by molar-refractivity contribution is -0.117. The lowest BCUT2D eigenvalue weighted by atomic mass is 9.95. The predicted octanol–water partition coefficient (Wildman–Crippen LogP) is 5.20. The molecule has 8 heteroatoms. The van der Waals surface area contributed by atoms with Gasteiger partial charge in [0, 0.05) is 24.2 Å². The Morgan fingerprint density at radius 3 is 2.71 bits per heavy atom. The summed E-state index contributed by atoms with van der Waals surface area (Å²) in [4.78, 5) is 30.4. The number of hydrogen-bond donors (Lipinski definition) is 1. The number of nitrogens with zero attached hydrogens (tertiary/aromatic N) is 3. The first-order chi connectivity index (χ1) is 16.6. The standard InChI is InChI=1S/C26H28N4O3S/c1-3-5-14-23-29-30-24(31)16-20(28-26(30)34-23)17-33-21-13-9-12-19(15-21)27-25(32)22(4-2)18-10-7-6-8-11-18/h6-13,15-16,22H,3-5,14,17H2,1-2H3,(H,27,32)/t22-/m0/s1. The highest BCUT2D eigenvalue weighted by atomic mass is 32.1. The van der Waals surface area contributed by atoms with Crippen LogP contribution in [-0.4, -0.2) is 20.5 Å². The minimum Gasteiger partial charge on any atom is -0.487 e. The maximum atomic E-state index is 12.9. The number of hydrogen-bond acceptors (Lipinski definition) is 6. The quantitative estimate of drug-likeness (QED) is 0.340. The summed E-state index contributed by atoms with van der Waals surface area (Å²) in [5.41, 5.74) is 1.97. The average Bonchev–Trinajstić information content (AvgIpc) is 3.26. The van der Waals surface area contributed by atoms with Gasteiger partial charge in [-0.2, -0.15) is 9.61 Å². The largest absolute Gasteiger partial charge is 0.487 e. The highest BCUT2D eigenvalue weighted by Crippen LogP contribution is 2.24. The second-order valence-corrected chi connectivity index (χ2v) is 9.10. The third-order valence-corrected chi connectivity index (χ3v) is 6.47. The molecule has 7 nitrogen and oxygen atoms in total. The number of aryl methyl sites for hydroxylation is 1. The van der Waals surface area contributed by atoms with Gasteiger partial charge in [0.2, 0.25) is 10.9 Å². The van der Waals surface area contributed by atoms with E-state index in [0.717, 1.165) is 29.8 Å². The van der Waals surface area contributed by atoms with Crippen LogP contribution < -0.4 is 15.6 Å². The van der Waals surface area contributed by atoms with E-state index in [1.807, 2.05) is 55.5 Å². The summed E-state index contributed by atoms with van der Waals surface area (Å²) in [5.74, 6) is 0.298. The second kappa shape index (κ2) is 11.1. The molecule has 0 unspecified atom stereocenters. The van der Waals surface area contributed by atoms with Crippen molar-refractivity contribution in [2.45, 2.75) is 52.1 Å². The molecule has 0 saturated carbocycles. The average molecular weight is 477 g/mol. The van der Waals surface area contributed by atoms with E-state index in [2.05, 4.69) is 22.3 Å². The van der Waals surface area contributed by atoms with Crippen molar-refractivity contribution in [2.75, 3.05) is 5.32 Å². The molecule has 0 fully saturated rings. The minimum atomic E-state index is -0.226. The monoisotopic (exact) mass is 476 g/mol. The van der Waals surface area contributed by atoms with Crippen LogP contribution in [0.15, 0.2) is 65.5 Å². The summed E-state index contributed by atoms with van der Waals surface area (Å²) in [7, 11) is 0. The van der Waals surface area contributed by atoms with E-state index in [9.17, 15) is 9.59 Å². The molecule has 0 bridgehead atoms. The molecule has 0 radical (unpaired) electrons. The molecule has 2 aromatic heterocycles. The SMILES string of the molecule is CCCCc1nn2c(=O)cc(COc3cccc(NC(=O)[C@@H](CC)c4ccccc4)c3)nc2s1. The molecule has 176 valence electrons. The topological polar surface area (TPSA) is 85.6 Å². The van der Waals surface area contributed by atoms with Gasteiger partial charge in [0.1, 0.15) is 17.4 Å². The van der Waals surface area contributed by atoms with Gasteiger partial charge in [-0.1, -0.05) is 68.0 Å². The highest BCUT2D eigenvalue weighted by Gasteiger charge is 2.18. The first-order valence-electron chi connectivity index (χ1n) is 11.5. The summed E-state index contributed by atoms with van der Waals surface area (Å²) < 4.78 is 7.24. The van der Waals surface area contributed by atoms with Gasteiger partial charge in [-0.05, 0) is 30.5 Å². The van der Waals surface area contributed by atoms with Crippen molar-refractivity contribution in [1.29, 1.82) is 0 Å². The van der Waals surface area contributed by atoms with Crippen molar-refractivity contribution >= 4 is 27.9 Å². The number of ether oxygens (including phenoxy) is 1. The number of amides is 1. The van der Waals surface area contributed by atoms with E-state index >= 15 is 0 Å². The molecule has 0 aliphatic heterocycles. The maximum Gasteiger partial charge on any atom is 0.275 e. The molecule has 1 N–H and O–H groups in total. The second-order valence-electron chi connectivity index (χ2n) is 8.06. The summed E-state index contributed by atoms with van der Waals surface area (Å²) >= 11 is 1.44. The fourth-order valence-corrected chi connectivity index (χ4v) is 4.67. The third kappa shape index (κ3) is 5.69. The molecule has 2 aromatic carbocycles. The van der Waals surface area contributed by atoms with Gasteiger partial charge in [0.05, 0.1) is 11.6 Å². The molecule has 4 aromatic rings. The molecule has 2 heterocycles. The number of nitrogens with one attached hydrogen (secondary N) is 1. The minimum absolute atomic E-state index is 0.0601. The first-order valence-corrected chi connectivity index (χ1v) is 12.4. The van der Waals surface area contributed by atoms with Crippen LogP contribution in [0.5, 0.6) is 5.75 Å². The summed E-state index contributed by atoms with van der Waals surface area (Å²) in [5, 5.41) is 8.27. The van der Waals surface area contributed by atoms with E-state index < -0.39 is 0 Å². The van der Waals surface area contributed by atoms with Crippen LogP contribution >= 0.6 is 11.3 Å². The lowest BCUT2D eigenvalue weighted by Gasteiger charge is -2.16. The van der Waals surface area contributed by atoms with Crippen molar-refractivity contribution in [2.24, 2.45) is 0 Å². The van der Waals surface area contributed by atoms with E-state index in [1.54, 1.807) is 6.07 Å². The van der Waals surface area contributed by atoms with E-state index in [4.69, 9.17) is 4.74 Å². The van der Waals surface area contributed by atoms with Gasteiger partial charge in [-0.15, -0.1) is 0 Å². The summed E-state index contributed by atoms with van der Waals surface area (Å²) in [6.07, 6.45) is 3.65. The molecule has 0 aliphatic carbocycles. The zero-order valence-electron chi connectivity index (χ0n) is 19.4. The zero-order chi connectivity index (χ0) is 23.9. The maximum absolute atomic E-state index is 12.9. The van der Waals surface area contributed by atoms with Crippen LogP contribution in [0.1, 0.15) is 55.3 Å². The Hall–Kier alpha value is -3.52. The predicted molar refractivity (Wildman–Crippen MR) is 135 cm³/mol. The van der Waals surface area contributed by atoms with E-state index in [0.29, 0.717) is 28.5 Å². The van der Waals surface area contributed by atoms with Crippen molar-refractivity contribution in [3.8, 4) is 5.75 Å². The van der Waals surface area contributed by atoms with Crippen molar-refractivity contribution in [3.63, 3.8) is 0 Å². The molecular weight excluding hydrogens is 448 g/mol. The normalized spacial score (nSPS) is 11.9. The summed E-state index contributed by atoms with van der Waals surface area (Å²) in [6, 6.07) is 18.4. The van der Waals surface area contributed by atoms with Gasteiger partial charge < -0.3 is 10.1 Å². The Balaban J connectivity index is 1.43. The number of fused-ring (bicyclic) bond motifs is 1. The Morgan fingerprint density at radius 2 is 1.94 bits per heavy atom. The van der Waals surface area contributed by atoms with Gasteiger partial charge >= 0.3 is 0 Å². The van der Waals surface area contributed by atoms with Crippen LogP contribution in [0.3, 0.4) is 0 Å². The fourth-order valence-electron chi connectivity index (χ4n) is 3.71. The van der Waals surface area contributed by atoms with Gasteiger partial charge in [0.25, 0.3) is 5.56 Å². The van der Waals surface area contributed by atoms with Crippen molar-refractivity contribution < 1.29 is 9.53 Å². The van der Waals surface area contributed by atoms with Crippen LogP contribution in [-0.2, 0) is 17.8 Å². The third-order valence-electron chi connectivity index (χ3n) is 5.50. The molecule has 0 aliphatic rings. The molecule has 0 saturated heterocycles. The van der Waals surface area contributed by atoms with Crippen LogP contribution in [0.2, 0.25) is 0 Å². The van der Waals surface area contributed by atoms with Gasteiger partial charge in [-0.3, -0.25) is 9.59 Å². The van der Waals surface area contributed by atoms with Crippen LogP contribution in [0.4, 0.5) is 5.69 Å². The molecular formula is C26H28N4O3S. The molecule has 4 rings (SSSR count). The lowest BCUT2D eigenvalue weighted by Crippen LogP contribution is -2.20. The van der Waals surface area contributed by atoms with Crippen molar-refractivity contribution in [3.05, 3.63) is 87.3 Å². The Kier molecular flexibility index (Phi) is 7.69. The van der Waals surface area contributed by atoms with Gasteiger partial charge in [0.15, 0.2) is 0 Å². The first kappa shape index (κ1) is 23.6. The number of aromatic nitrogens is 3. The van der Waals surface area contributed by atoms with Gasteiger partial charge in [-0.25, -0.2) is 4.98 Å². The number of unbranched alkanes of at least 4 members (excludes halogenated alkanes) is 1. The highest BCUT2D eigenvalue weighted by molar-refractivity contribution is 7.16. The number of rotatable bonds is 10. The number of carbonyl (C=O) groups is 1. The van der Waals surface area contributed by atoms with Crippen LogP contribution in [0, 0.1) is 0 Å². The molecule has 1 atom stereocenters. The number of benzene rings is 2. The molecule has 1 amide bonds.